The molecule has 34 heavy (non-hydrogen) atoms. The lowest BCUT2D eigenvalue weighted by Crippen LogP contribution is -2.26. The molecule has 4 rings (SSSR count). The molecule has 0 spiro atoms. The van der Waals surface area contributed by atoms with Crippen LogP contribution in [0.15, 0.2) is 30.5 Å². The van der Waals surface area contributed by atoms with Crippen LogP contribution in [0.2, 0.25) is 0 Å². The molecular formula is C22H26FN5O5S. The molecule has 1 N–H and O–H groups in total. The Morgan fingerprint density at radius 1 is 1.35 bits per heavy atom. The van der Waals surface area contributed by atoms with Crippen LogP contribution in [0.4, 0.5) is 14.9 Å². The Labute approximate surface area is 196 Å². The molecule has 1 aromatic carbocycles. The quantitative estimate of drug-likeness (QED) is 0.596. The molecule has 0 aliphatic carbocycles. The number of carbonyl (C=O) groups is 2. The van der Waals surface area contributed by atoms with Crippen LogP contribution in [-0.4, -0.2) is 66.1 Å². The standard InChI is InChI=1S/C22H26FN5O5S/c1-2-7-24-21(29)10-16-12-27(26-25-16)13-18-14-28(22(30)33-18)17-3-4-19(20(23)11-17)15-5-8-34(31,32)9-6-15/h3-5,11-12,18H,2,6-10,13-14H2,1H3,(H,24,29)/t18-/m0/s1. The van der Waals surface area contributed by atoms with E-state index in [1.807, 2.05) is 6.92 Å². The molecule has 0 radical (unpaired) electrons. The number of aromatic nitrogens is 3. The summed E-state index contributed by atoms with van der Waals surface area (Å²) >= 11 is 0. The third-order valence-electron chi connectivity index (χ3n) is 5.64. The molecule has 3 heterocycles. The Morgan fingerprint density at radius 3 is 2.88 bits per heavy atom. The van der Waals surface area contributed by atoms with E-state index in [1.54, 1.807) is 18.3 Å². The number of sulfone groups is 1. The summed E-state index contributed by atoms with van der Waals surface area (Å²) in [5.74, 6) is -0.769. The average Bonchev–Trinajstić information content (AvgIpc) is 3.38. The summed E-state index contributed by atoms with van der Waals surface area (Å²) in [7, 11) is -3.11. The van der Waals surface area contributed by atoms with Gasteiger partial charge in [-0.15, -0.1) is 5.10 Å². The van der Waals surface area contributed by atoms with Gasteiger partial charge in [0.15, 0.2) is 9.84 Å². The van der Waals surface area contributed by atoms with Gasteiger partial charge in [-0.2, -0.15) is 0 Å². The minimum atomic E-state index is -3.11. The fourth-order valence-corrected chi connectivity index (χ4v) is 5.04. The molecule has 12 heteroatoms. The topological polar surface area (TPSA) is 123 Å². The lowest BCUT2D eigenvalue weighted by atomic mass is 10.0. The van der Waals surface area contributed by atoms with Crippen LogP contribution >= 0.6 is 0 Å². The maximum Gasteiger partial charge on any atom is 0.414 e. The molecule has 2 amide bonds. The number of nitrogens with one attached hydrogen (secondary N) is 1. The highest BCUT2D eigenvalue weighted by Gasteiger charge is 2.33. The summed E-state index contributed by atoms with van der Waals surface area (Å²) in [5, 5.41) is 10.7. The van der Waals surface area contributed by atoms with E-state index in [0.29, 0.717) is 29.1 Å². The molecule has 182 valence electrons. The highest BCUT2D eigenvalue weighted by Crippen LogP contribution is 2.30. The first-order valence-corrected chi connectivity index (χ1v) is 12.9. The number of hydrogen-bond donors (Lipinski definition) is 1. The Morgan fingerprint density at radius 2 is 2.18 bits per heavy atom. The van der Waals surface area contributed by atoms with Gasteiger partial charge in [-0.05, 0) is 36.6 Å². The SMILES string of the molecule is CCCNC(=O)Cc1cn(C[C@H]2CN(c3ccc(C4=CCS(=O)(=O)CC4)c(F)c3)C(=O)O2)nn1. The number of amides is 2. The molecule has 2 aromatic rings. The maximum absolute atomic E-state index is 14.8. The van der Waals surface area contributed by atoms with Gasteiger partial charge in [0, 0.05) is 18.3 Å². The summed E-state index contributed by atoms with van der Waals surface area (Å²) in [6, 6.07) is 4.43. The van der Waals surface area contributed by atoms with Crippen LogP contribution in [-0.2, 0) is 32.3 Å². The monoisotopic (exact) mass is 491 g/mol. The predicted molar refractivity (Wildman–Crippen MR) is 122 cm³/mol. The van der Waals surface area contributed by atoms with Crippen molar-refractivity contribution in [2.24, 2.45) is 0 Å². The van der Waals surface area contributed by atoms with Crippen LogP contribution < -0.4 is 10.2 Å². The first-order chi connectivity index (χ1) is 16.2. The van der Waals surface area contributed by atoms with Gasteiger partial charge in [-0.3, -0.25) is 9.69 Å². The zero-order valence-electron chi connectivity index (χ0n) is 18.7. The first kappa shape index (κ1) is 23.9. The summed E-state index contributed by atoms with van der Waals surface area (Å²) in [6.45, 7) is 3.01. The van der Waals surface area contributed by atoms with Crippen molar-refractivity contribution in [1.29, 1.82) is 0 Å². The van der Waals surface area contributed by atoms with E-state index in [9.17, 15) is 22.4 Å². The fraction of sp³-hybridized carbons (Fsp3) is 0.455. The molecule has 1 atom stereocenters. The van der Waals surface area contributed by atoms with Crippen molar-refractivity contribution in [3.05, 3.63) is 47.5 Å². The van der Waals surface area contributed by atoms with E-state index in [-0.39, 0.29) is 43.3 Å². The second-order valence-corrected chi connectivity index (χ2v) is 10.6. The highest BCUT2D eigenvalue weighted by molar-refractivity contribution is 7.91. The van der Waals surface area contributed by atoms with Gasteiger partial charge in [-0.25, -0.2) is 22.3 Å². The molecule has 2 aliphatic heterocycles. The molecule has 1 aromatic heterocycles. The lowest BCUT2D eigenvalue weighted by molar-refractivity contribution is -0.120. The van der Waals surface area contributed by atoms with Gasteiger partial charge >= 0.3 is 6.09 Å². The molecule has 0 saturated carbocycles. The number of rotatable bonds is 8. The first-order valence-electron chi connectivity index (χ1n) is 11.1. The van der Waals surface area contributed by atoms with Gasteiger partial charge in [0.05, 0.1) is 42.4 Å². The van der Waals surface area contributed by atoms with Crippen LogP contribution in [0.3, 0.4) is 0 Å². The molecule has 2 aliphatic rings. The zero-order valence-corrected chi connectivity index (χ0v) is 19.6. The average molecular weight is 492 g/mol. The number of halogens is 1. The summed E-state index contributed by atoms with van der Waals surface area (Å²) in [5.41, 5.74) is 1.84. The molecule has 1 saturated heterocycles. The number of benzene rings is 1. The molecule has 0 bridgehead atoms. The Balaban J connectivity index is 1.38. The van der Waals surface area contributed by atoms with E-state index >= 15 is 0 Å². The minimum Gasteiger partial charge on any atom is -0.442 e. The van der Waals surface area contributed by atoms with Crippen molar-refractivity contribution < 1.29 is 27.1 Å². The fourth-order valence-electron chi connectivity index (χ4n) is 3.89. The highest BCUT2D eigenvalue weighted by atomic mass is 32.2. The Kier molecular flexibility index (Phi) is 6.96. The van der Waals surface area contributed by atoms with Crippen molar-refractivity contribution in [3.8, 4) is 0 Å². The third kappa shape index (κ3) is 5.61. The van der Waals surface area contributed by atoms with Crippen molar-refractivity contribution in [3.63, 3.8) is 0 Å². The van der Waals surface area contributed by atoms with Gasteiger partial charge < -0.3 is 10.1 Å². The lowest BCUT2D eigenvalue weighted by Gasteiger charge is -2.17. The molecular weight excluding hydrogens is 465 g/mol. The van der Waals surface area contributed by atoms with Crippen molar-refractivity contribution in [2.75, 3.05) is 29.5 Å². The number of anilines is 1. The predicted octanol–water partition coefficient (Wildman–Crippen LogP) is 1.71. The van der Waals surface area contributed by atoms with E-state index in [0.717, 1.165) is 6.42 Å². The van der Waals surface area contributed by atoms with Gasteiger partial charge in [0.25, 0.3) is 0 Å². The normalized spacial score (nSPS) is 19.6. The van der Waals surface area contributed by atoms with Crippen LogP contribution in [0, 0.1) is 5.82 Å². The van der Waals surface area contributed by atoms with Crippen molar-refractivity contribution in [1.82, 2.24) is 20.3 Å². The Hall–Kier alpha value is -3.28. The number of allylic oxidation sites excluding steroid dienone is 1. The zero-order chi connectivity index (χ0) is 24.3. The van der Waals surface area contributed by atoms with E-state index < -0.39 is 27.9 Å². The van der Waals surface area contributed by atoms with Crippen LogP contribution in [0.1, 0.15) is 31.0 Å². The number of ether oxygens (including phenoxy) is 1. The summed E-state index contributed by atoms with van der Waals surface area (Å²) in [6.07, 6.45) is 3.27. The van der Waals surface area contributed by atoms with Gasteiger partial charge in [0.1, 0.15) is 11.9 Å². The number of nitrogens with zero attached hydrogens (tertiary/aromatic N) is 4. The van der Waals surface area contributed by atoms with E-state index in [1.165, 1.54) is 21.7 Å². The minimum absolute atomic E-state index is 0.00638. The van der Waals surface area contributed by atoms with Crippen LogP contribution in [0.25, 0.3) is 5.57 Å². The second kappa shape index (κ2) is 9.92. The van der Waals surface area contributed by atoms with Crippen LogP contribution in [0.5, 0.6) is 0 Å². The summed E-state index contributed by atoms with van der Waals surface area (Å²) in [4.78, 5) is 25.6. The Bertz CT molecular complexity index is 1230. The molecule has 1 fully saturated rings. The molecule has 10 nitrogen and oxygen atoms in total. The largest absolute Gasteiger partial charge is 0.442 e. The van der Waals surface area contributed by atoms with E-state index in [2.05, 4.69) is 15.6 Å². The van der Waals surface area contributed by atoms with Gasteiger partial charge in [-0.1, -0.05) is 18.2 Å². The number of hydrogen-bond acceptors (Lipinski definition) is 7. The van der Waals surface area contributed by atoms with Crippen molar-refractivity contribution >= 4 is 33.1 Å². The summed E-state index contributed by atoms with van der Waals surface area (Å²) < 4.78 is 44.9. The number of carbonyl (C=O) groups excluding carboxylic acids is 2. The maximum atomic E-state index is 14.8. The molecule has 0 unspecified atom stereocenters. The number of cyclic esters (lactones) is 1. The van der Waals surface area contributed by atoms with Crippen molar-refractivity contribution in [2.45, 2.75) is 38.8 Å². The second-order valence-electron chi connectivity index (χ2n) is 8.33. The van der Waals surface area contributed by atoms with E-state index in [4.69, 9.17) is 4.74 Å². The smallest absolute Gasteiger partial charge is 0.414 e. The van der Waals surface area contributed by atoms with Gasteiger partial charge in [0.2, 0.25) is 5.91 Å². The third-order valence-corrected chi connectivity index (χ3v) is 7.14.